The molecule has 5 rings (SSSR count). The molecule has 3 aromatic carbocycles. The van der Waals surface area contributed by atoms with Crippen LogP contribution in [0.1, 0.15) is 16.5 Å². The third-order valence-electron chi connectivity index (χ3n) is 5.13. The van der Waals surface area contributed by atoms with Crippen molar-refractivity contribution in [3.8, 4) is 11.1 Å². The number of nitrogens with zero attached hydrogens (tertiary/aromatic N) is 2. The Morgan fingerprint density at radius 1 is 1.03 bits per heavy atom. The Kier molecular flexibility index (Phi) is 4.49. The van der Waals surface area contributed by atoms with Crippen LogP contribution in [-0.2, 0) is 6.42 Å². The molecule has 0 radical (unpaired) electrons. The number of hydrogen-bond acceptors (Lipinski definition) is 4. The molecular formula is C23H15ClN2O2S. The summed E-state index contributed by atoms with van der Waals surface area (Å²) in [4.78, 5) is 16.9. The van der Waals surface area contributed by atoms with Gasteiger partial charge >= 0.3 is 0 Å². The van der Waals surface area contributed by atoms with Crippen molar-refractivity contribution in [2.45, 2.75) is 16.6 Å². The highest BCUT2D eigenvalue weighted by molar-refractivity contribution is 8.00. The van der Waals surface area contributed by atoms with Crippen molar-refractivity contribution in [1.29, 1.82) is 0 Å². The summed E-state index contributed by atoms with van der Waals surface area (Å²) >= 11 is 8.03. The Hall–Kier alpha value is -2.89. The summed E-state index contributed by atoms with van der Waals surface area (Å²) in [5, 5.41) is 13.0. The van der Waals surface area contributed by atoms with Gasteiger partial charge in [-0.1, -0.05) is 54.1 Å². The zero-order valence-electron chi connectivity index (χ0n) is 15.2. The Bertz CT molecular complexity index is 1260. The smallest absolute Gasteiger partial charge is 0.258 e. The quantitative estimate of drug-likeness (QED) is 0.269. The van der Waals surface area contributed by atoms with Crippen molar-refractivity contribution in [2.24, 2.45) is 0 Å². The predicted molar refractivity (Wildman–Crippen MR) is 118 cm³/mol. The number of thioether (sulfide) groups is 1. The number of pyridine rings is 1. The number of hydrogen-bond donors (Lipinski definition) is 0. The summed E-state index contributed by atoms with van der Waals surface area (Å²) in [6.07, 6.45) is 0.736. The maximum atomic E-state index is 11.2. The van der Waals surface area contributed by atoms with E-state index in [1.807, 2.05) is 42.5 Å². The summed E-state index contributed by atoms with van der Waals surface area (Å²) in [6.45, 7) is 0. The third-order valence-corrected chi connectivity index (χ3v) is 6.76. The molecular weight excluding hydrogens is 404 g/mol. The van der Waals surface area contributed by atoms with E-state index in [-0.39, 0.29) is 15.9 Å². The average Bonchev–Trinajstić information content (AvgIpc) is 3.16. The predicted octanol–water partition coefficient (Wildman–Crippen LogP) is 6.85. The summed E-state index contributed by atoms with van der Waals surface area (Å²) in [7, 11) is 0. The molecule has 2 heterocycles. The van der Waals surface area contributed by atoms with Gasteiger partial charge in [-0.05, 0) is 29.3 Å². The van der Waals surface area contributed by atoms with Crippen LogP contribution in [0.4, 0.5) is 5.69 Å². The van der Waals surface area contributed by atoms with E-state index in [1.165, 1.54) is 6.07 Å². The van der Waals surface area contributed by atoms with E-state index in [0.29, 0.717) is 5.02 Å². The Morgan fingerprint density at radius 3 is 2.66 bits per heavy atom. The molecule has 1 aliphatic heterocycles. The van der Waals surface area contributed by atoms with Crippen LogP contribution in [0.3, 0.4) is 0 Å². The lowest BCUT2D eigenvalue weighted by Crippen LogP contribution is -1.96. The number of aromatic nitrogens is 1. The molecule has 0 saturated heterocycles. The van der Waals surface area contributed by atoms with Crippen molar-refractivity contribution in [3.63, 3.8) is 0 Å². The second-order valence-corrected chi connectivity index (χ2v) is 8.60. The molecule has 29 heavy (non-hydrogen) atoms. The van der Waals surface area contributed by atoms with Crippen LogP contribution in [0, 0.1) is 10.1 Å². The highest BCUT2D eigenvalue weighted by Gasteiger charge is 2.30. The van der Waals surface area contributed by atoms with E-state index in [2.05, 4.69) is 12.1 Å². The van der Waals surface area contributed by atoms with Gasteiger partial charge in [0.05, 0.1) is 16.1 Å². The second kappa shape index (κ2) is 7.17. The van der Waals surface area contributed by atoms with Gasteiger partial charge in [0.1, 0.15) is 0 Å². The normalized spacial score (nSPS) is 15.4. The maximum absolute atomic E-state index is 11.2. The molecule has 1 unspecified atom stereocenters. The fourth-order valence-corrected chi connectivity index (χ4v) is 5.40. The topological polar surface area (TPSA) is 56.0 Å². The summed E-state index contributed by atoms with van der Waals surface area (Å²) in [5.41, 5.74) is 5.25. The Morgan fingerprint density at radius 2 is 1.86 bits per heavy atom. The minimum absolute atomic E-state index is 0.0900. The minimum atomic E-state index is -0.347. The van der Waals surface area contributed by atoms with Crippen LogP contribution in [0.15, 0.2) is 77.7 Å². The number of nitro groups is 1. The second-order valence-electron chi connectivity index (χ2n) is 6.95. The molecule has 1 atom stereocenters. The molecule has 0 bridgehead atoms. The van der Waals surface area contributed by atoms with Crippen LogP contribution in [0.5, 0.6) is 0 Å². The molecule has 0 fully saturated rings. The standard InChI is InChI=1S/C23H15ClN2O2S/c24-16-9-10-19-18(12-16)22(14-5-2-1-3-6-14)23-20(25-19)13-21(29-23)15-7-4-8-17(11-15)26(27)28/h1-12,21H,13H2. The largest absolute Gasteiger partial charge is 0.269 e. The van der Waals surface area contributed by atoms with E-state index in [4.69, 9.17) is 16.6 Å². The SMILES string of the molecule is O=[N+]([O-])c1cccc(C2Cc3nc4ccc(Cl)cc4c(-c4ccccc4)c3S2)c1. The van der Waals surface area contributed by atoms with E-state index in [0.717, 1.165) is 44.6 Å². The lowest BCUT2D eigenvalue weighted by Gasteiger charge is -2.13. The van der Waals surface area contributed by atoms with Gasteiger partial charge in [-0.2, -0.15) is 0 Å². The molecule has 0 spiro atoms. The first kappa shape index (κ1) is 18.2. The first-order valence-electron chi connectivity index (χ1n) is 9.19. The number of rotatable bonds is 3. The van der Waals surface area contributed by atoms with Crippen LogP contribution < -0.4 is 0 Å². The van der Waals surface area contributed by atoms with E-state index < -0.39 is 0 Å². The zero-order valence-corrected chi connectivity index (χ0v) is 16.8. The summed E-state index contributed by atoms with van der Waals surface area (Å²) in [6, 6.07) is 22.9. The third kappa shape index (κ3) is 3.26. The van der Waals surface area contributed by atoms with Gasteiger partial charge in [0.25, 0.3) is 5.69 Å². The van der Waals surface area contributed by atoms with Gasteiger partial charge in [0.2, 0.25) is 0 Å². The fourth-order valence-electron chi connectivity index (χ4n) is 3.81. The number of nitro benzene ring substituents is 1. The molecule has 0 aliphatic carbocycles. The molecule has 1 aliphatic rings. The van der Waals surface area contributed by atoms with Crippen molar-refractivity contribution >= 4 is 40.0 Å². The van der Waals surface area contributed by atoms with Gasteiger partial charge < -0.3 is 0 Å². The van der Waals surface area contributed by atoms with Crippen molar-refractivity contribution < 1.29 is 4.92 Å². The first-order valence-corrected chi connectivity index (χ1v) is 10.4. The number of fused-ring (bicyclic) bond motifs is 2. The highest BCUT2D eigenvalue weighted by atomic mass is 35.5. The van der Waals surface area contributed by atoms with Crippen molar-refractivity contribution in [3.05, 3.63) is 99.2 Å². The summed E-state index contributed by atoms with van der Waals surface area (Å²) in [5.74, 6) is 0. The van der Waals surface area contributed by atoms with Gasteiger partial charge in [0, 0.05) is 44.7 Å². The molecule has 0 amide bonds. The van der Waals surface area contributed by atoms with Gasteiger partial charge in [-0.3, -0.25) is 15.1 Å². The Labute approximate surface area is 176 Å². The molecule has 142 valence electrons. The average molecular weight is 419 g/mol. The van der Waals surface area contributed by atoms with Gasteiger partial charge in [-0.15, -0.1) is 11.8 Å². The molecule has 4 nitrogen and oxygen atoms in total. The van der Waals surface area contributed by atoms with Crippen LogP contribution in [0.2, 0.25) is 5.02 Å². The first-order chi connectivity index (χ1) is 14.1. The van der Waals surface area contributed by atoms with Crippen LogP contribution in [0.25, 0.3) is 22.0 Å². The van der Waals surface area contributed by atoms with Gasteiger partial charge in [-0.25, -0.2) is 0 Å². The fraction of sp³-hybridized carbons (Fsp3) is 0.0870. The van der Waals surface area contributed by atoms with E-state index in [9.17, 15) is 10.1 Å². The van der Waals surface area contributed by atoms with Crippen molar-refractivity contribution in [2.75, 3.05) is 0 Å². The van der Waals surface area contributed by atoms with Crippen molar-refractivity contribution in [1.82, 2.24) is 4.98 Å². The number of non-ortho nitro benzene ring substituents is 1. The number of halogens is 1. The molecule has 0 saturated carbocycles. The molecule has 6 heteroatoms. The van der Waals surface area contributed by atoms with Crippen LogP contribution >= 0.6 is 23.4 Å². The monoisotopic (exact) mass is 418 g/mol. The Balaban J connectivity index is 1.67. The van der Waals surface area contributed by atoms with E-state index in [1.54, 1.807) is 23.9 Å². The summed E-state index contributed by atoms with van der Waals surface area (Å²) < 4.78 is 0. The van der Waals surface area contributed by atoms with Gasteiger partial charge in [0.15, 0.2) is 0 Å². The lowest BCUT2D eigenvalue weighted by atomic mass is 9.98. The maximum Gasteiger partial charge on any atom is 0.269 e. The number of benzene rings is 3. The molecule has 4 aromatic rings. The van der Waals surface area contributed by atoms with E-state index >= 15 is 0 Å². The van der Waals surface area contributed by atoms with Crippen LogP contribution in [-0.4, -0.2) is 9.91 Å². The highest BCUT2D eigenvalue weighted by Crippen LogP contribution is 2.52. The molecule has 0 N–H and O–H groups in total. The zero-order chi connectivity index (χ0) is 20.0. The minimum Gasteiger partial charge on any atom is -0.258 e. The molecule has 1 aromatic heterocycles. The lowest BCUT2D eigenvalue weighted by molar-refractivity contribution is -0.384.